The largest absolute Gasteiger partial charge is 0.274 e. The monoisotopic (exact) mass is 263 g/mol. The Kier molecular flexibility index (Phi) is 3.76. The molecule has 0 aliphatic heterocycles. The fraction of sp³-hybridized carbons (Fsp3) is 0.250. The Bertz CT molecular complexity index is 717. The molecular formula is C12H13N3O4. The van der Waals surface area contributed by atoms with E-state index in [1.807, 2.05) is 0 Å². The average molecular weight is 263 g/mol. The maximum Gasteiger partial charge on any atom is 0.273 e. The van der Waals surface area contributed by atoms with Gasteiger partial charge in [0, 0.05) is 0 Å². The number of carbonyl (C=O) groups excluding carboxylic acids is 1. The Morgan fingerprint density at radius 3 is 2.68 bits per heavy atom. The smallest absolute Gasteiger partial charge is 0.273 e. The molecule has 0 aliphatic carbocycles. The molecule has 100 valence electrons. The van der Waals surface area contributed by atoms with E-state index in [4.69, 9.17) is 4.84 Å². The van der Waals surface area contributed by atoms with Gasteiger partial charge in [0.1, 0.15) is 6.54 Å². The van der Waals surface area contributed by atoms with Crippen molar-refractivity contribution in [3.05, 3.63) is 45.0 Å². The molecule has 1 aromatic carbocycles. The van der Waals surface area contributed by atoms with Crippen LogP contribution in [0.4, 0.5) is 0 Å². The summed E-state index contributed by atoms with van der Waals surface area (Å²) in [5.41, 5.74) is 1.31. The zero-order chi connectivity index (χ0) is 13.8. The second-order valence-electron chi connectivity index (χ2n) is 3.84. The van der Waals surface area contributed by atoms with Crippen molar-refractivity contribution >= 4 is 16.7 Å². The molecule has 7 nitrogen and oxygen atoms in total. The van der Waals surface area contributed by atoms with Gasteiger partial charge in [-0.15, -0.1) is 0 Å². The lowest BCUT2D eigenvalue weighted by molar-refractivity contribution is -0.134. The van der Waals surface area contributed by atoms with Gasteiger partial charge in [-0.1, -0.05) is 12.1 Å². The standard InChI is InChI=1S/C12H13N3O4/c1-2-19-14-10(16)7-15-12(18)9-6-4-3-5-8(9)11(17)13-15/h3-6H,2,7H2,1H3,(H,13,17)(H,14,16). The van der Waals surface area contributed by atoms with Crippen molar-refractivity contribution in [2.45, 2.75) is 13.5 Å². The fourth-order valence-electron chi connectivity index (χ4n) is 1.69. The molecular weight excluding hydrogens is 250 g/mol. The average Bonchev–Trinajstić information content (AvgIpc) is 2.42. The highest BCUT2D eigenvalue weighted by Crippen LogP contribution is 2.02. The molecule has 0 saturated heterocycles. The number of fused-ring (bicyclic) bond motifs is 1. The second kappa shape index (κ2) is 5.49. The molecule has 0 radical (unpaired) electrons. The van der Waals surface area contributed by atoms with Crippen LogP contribution in [0.3, 0.4) is 0 Å². The lowest BCUT2D eigenvalue weighted by Gasteiger charge is -2.07. The Labute approximate surface area is 107 Å². The van der Waals surface area contributed by atoms with E-state index in [-0.39, 0.29) is 11.9 Å². The van der Waals surface area contributed by atoms with Crippen LogP contribution < -0.4 is 16.6 Å². The molecule has 0 aliphatic rings. The topological polar surface area (TPSA) is 93.2 Å². The van der Waals surface area contributed by atoms with Gasteiger partial charge in [0.15, 0.2) is 0 Å². The summed E-state index contributed by atoms with van der Waals surface area (Å²) >= 11 is 0. The number of aromatic amines is 1. The number of carbonyl (C=O) groups is 1. The van der Waals surface area contributed by atoms with Crippen LogP contribution in [0.25, 0.3) is 10.8 Å². The zero-order valence-electron chi connectivity index (χ0n) is 10.3. The Hall–Kier alpha value is -2.41. The summed E-state index contributed by atoms with van der Waals surface area (Å²) in [6, 6.07) is 6.43. The van der Waals surface area contributed by atoms with Crippen molar-refractivity contribution in [3.8, 4) is 0 Å². The van der Waals surface area contributed by atoms with E-state index in [1.54, 1.807) is 31.2 Å². The number of nitrogens with one attached hydrogen (secondary N) is 2. The Balaban J connectivity index is 2.40. The number of hydroxylamine groups is 1. The highest BCUT2D eigenvalue weighted by Gasteiger charge is 2.09. The minimum Gasteiger partial charge on any atom is -0.274 e. The van der Waals surface area contributed by atoms with Crippen LogP contribution >= 0.6 is 0 Å². The third-order valence-electron chi connectivity index (χ3n) is 2.52. The molecule has 7 heteroatoms. The predicted octanol–water partition coefficient (Wildman–Crippen LogP) is -0.243. The molecule has 2 N–H and O–H groups in total. The molecule has 0 bridgehead atoms. The second-order valence-corrected chi connectivity index (χ2v) is 3.84. The number of benzene rings is 1. The van der Waals surface area contributed by atoms with Crippen molar-refractivity contribution < 1.29 is 9.63 Å². The molecule has 0 fully saturated rings. The van der Waals surface area contributed by atoms with E-state index < -0.39 is 17.0 Å². The molecule has 2 rings (SSSR count). The SMILES string of the molecule is CCONC(=O)Cn1[nH]c(=O)c2ccccc2c1=O. The van der Waals surface area contributed by atoms with Crippen LogP contribution in [0.15, 0.2) is 33.9 Å². The van der Waals surface area contributed by atoms with Gasteiger partial charge >= 0.3 is 0 Å². The zero-order valence-corrected chi connectivity index (χ0v) is 10.3. The summed E-state index contributed by atoms with van der Waals surface area (Å²) in [4.78, 5) is 40.0. The van der Waals surface area contributed by atoms with Gasteiger partial charge in [-0.3, -0.25) is 24.3 Å². The molecule has 1 heterocycles. The van der Waals surface area contributed by atoms with Crippen molar-refractivity contribution in [2.75, 3.05) is 6.61 Å². The first-order valence-electron chi connectivity index (χ1n) is 5.76. The maximum absolute atomic E-state index is 12.1. The van der Waals surface area contributed by atoms with E-state index in [1.165, 1.54) is 0 Å². The number of rotatable bonds is 4. The normalized spacial score (nSPS) is 10.6. The number of hydrogen-bond acceptors (Lipinski definition) is 4. The van der Waals surface area contributed by atoms with Crippen LogP contribution in [0.2, 0.25) is 0 Å². The van der Waals surface area contributed by atoms with E-state index in [2.05, 4.69) is 10.6 Å². The number of nitrogens with zero attached hydrogens (tertiary/aromatic N) is 1. The van der Waals surface area contributed by atoms with Crippen LogP contribution in [0.5, 0.6) is 0 Å². The molecule has 0 unspecified atom stereocenters. The highest BCUT2D eigenvalue weighted by molar-refractivity contribution is 5.80. The summed E-state index contributed by atoms with van der Waals surface area (Å²) in [6.07, 6.45) is 0. The first-order chi connectivity index (χ1) is 9.13. The number of amides is 1. The molecule has 1 aromatic heterocycles. The number of aromatic nitrogens is 2. The minimum atomic E-state index is -0.519. The molecule has 19 heavy (non-hydrogen) atoms. The third kappa shape index (κ3) is 2.71. The maximum atomic E-state index is 12.1. The number of hydrogen-bond donors (Lipinski definition) is 2. The van der Waals surface area contributed by atoms with E-state index in [9.17, 15) is 14.4 Å². The molecule has 0 atom stereocenters. The van der Waals surface area contributed by atoms with Gasteiger partial charge in [0.05, 0.1) is 17.4 Å². The lowest BCUT2D eigenvalue weighted by atomic mass is 10.2. The van der Waals surface area contributed by atoms with E-state index in [0.29, 0.717) is 12.0 Å². The Morgan fingerprint density at radius 1 is 1.32 bits per heavy atom. The van der Waals surface area contributed by atoms with E-state index >= 15 is 0 Å². The molecule has 0 spiro atoms. The Morgan fingerprint density at radius 2 is 2.00 bits per heavy atom. The summed E-state index contributed by atoms with van der Waals surface area (Å²) < 4.78 is 0.957. The summed E-state index contributed by atoms with van der Waals surface area (Å²) in [7, 11) is 0. The minimum absolute atomic E-state index is 0.274. The summed E-state index contributed by atoms with van der Waals surface area (Å²) in [5.74, 6) is -0.519. The van der Waals surface area contributed by atoms with Crippen molar-refractivity contribution in [1.29, 1.82) is 0 Å². The first kappa shape index (κ1) is 13.0. The third-order valence-corrected chi connectivity index (χ3v) is 2.52. The van der Waals surface area contributed by atoms with Crippen LogP contribution in [-0.4, -0.2) is 22.3 Å². The van der Waals surface area contributed by atoms with Crippen LogP contribution in [0, 0.1) is 0 Å². The summed E-state index contributed by atoms with van der Waals surface area (Å²) in [5, 5.41) is 2.93. The van der Waals surface area contributed by atoms with Gasteiger partial charge < -0.3 is 0 Å². The molecule has 0 saturated carbocycles. The van der Waals surface area contributed by atoms with Crippen molar-refractivity contribution in [3.63, 3.8) is 0 Å². The quantitative estimate of drug-likeness (QED) is 0.744. The summed E-state index contributed by atoms with van der Waals surface area (Å²) in [6.45, 7) is 1.72. The van der Waals surface area contributed by atoms with Gasteiger partial charge in [0.2, 0.25) is 0 Å². The highest BCUT2D eigenvalue weighted by atomic mass is 16.6. The van der Waals surface area contributed by atoms with Gasteiger partial charge in [-0.05, 0) is 19.1 Å². The molecule has 1 amide bonds. The molecule has 2 aromatic rings. The van der Waals surface area contributed by atoms with Crippen LogP contribution in [0.1, 0.15) is 6.92 Å². The van der Waals surface area contributed by atoms with Gasteiger partial charge in [-0.25, -0.2) is 10.2 Å². The predicted molar refractivity (Wildman–Crippen MR) is 68.6 cm³/mol. The fourth-order valence-corrected chi connectivity index (χ4v) is 1.69. The van der Waals surface area contributed by atoms with Gasteiger partial charge in [-0.2, -0.15) is 0 Å². The van der Waals surface area contributed by atoms with Gasteiger partial charge in [0.25, 0.3) is 17.0 Å². The van der Waals surface area contributed by atoms with Crippen molar-refractivity contribution in [2.24, 2.45) is 0 Å². The van der Waals surface area contributed by atoms with Crippen molar-refractivity contribution in [1.82, 2.24) is 15.3 Å². The number of H-pyrrole nitrogens is 1. The lowest BCUT2D eigenvalue weighted by Crippen LogP contribution is -2.36. The van der Waals surface area contributed by atoms with Crippen LogP contribution in [-0.2, 0) is 16.2 Å². The first-order valence-corrected chi connectivity index (χ1v) is 5.76. The van der Waals surface area contributed by atoms with E-state index in [0.717, 1.165) is 4.68 Å².